The molecule has 0 radical (unpaired) electrons. The molecular formula is C26H34N2O4. The van der Waals surface area contributed by atoms with Crippen LogP contribution in [-0.4, -0.2) is 49.4 Å². The minimum absolute atomic E-state index is 0.0285. The summed E-state index contributed by atoms with van der Waals surface area (Å²) in [6.45, 7) is 3.19. The number of likely N-dealkylation sites (tertiary alicyclic amines) is 1. The summed E-state index contributed by atoms with van der Waals surface area (Å²) in [6.07, 6.45) is 2.79. The minimum atomic E-state index is -0.341. The molecule has 0 bridgehead atoms. The Labute approximate surface area is 191 Å². The first-order valence-electron chi connectivity index (χ1n) is 11.3. The molecule has 2 atom stereocenters. The molecule has 1 saturated heterocycles. The number of benzene rings is 2. The van der Waals surface area contributed by atoms with Crippen molar-refractivity contribution in [2.45, 2.75) is 45.2 Å². The number of hydrogen-bond donors (Lipinski definition) is 0. The van der Waals surface area contributed by atoms with Crippen LogP contribution in [0.2, 0.25) is 0 Å². The van der Waals surface area contributed by atoms with Gasteiger partial charge in [-0.2, -0.15) is 0 Å². The molecule has 0 aromatic heterocycles. The van der Waals surface area contributed by atoms with Crippen molar-refractivity contribution in [2.75, 3.05) is 27.8 Å². The van der Waals surface area contributed by atoms with Gasteiger partial charge in [0.25, 0.3) is 0 Å². The van der Waals surface area contributed by atoms with E-state index in [2.05, 4.69) is 6.92 Å². The molecule has 172 valence electrons. The zero-order valence-electron chi connectivity index (χ0n) is 19.5. The maximum Gasteiger partial charge on any atom is 0.228 e. The molecular weight excluding hydrogens is 404 g/mol. The Hall–Kier alpha value is -3.02. The lowest BCUT2D eigenvalue weighted by atomic mass is 9.82. The number of ether oxygens (including phenoxy) is 2. The summed E-state index contributed by atoms with van der Waals surface area (Å²) in [4.78, 5) is 30.3. The molecule has 6 heteroatoms. The van der Waals surface area contributed by atoms with Crippen LogP contribution in [0.25, 0.3) is 0 Å². The predicted molar refractivity (Wildman–Crippen MR) is 125 cm³/mol. The van der Waals surface area contributed by atoms with Crippen LogP contribution >= 0.6 is 0 Å². The first kappa shape index (κ1) is 23.6. The lowest BCUT2D eigenvalue weighted by molar-refractivity contribution is -0.147. The Morgan fingerprint density at radius 3 is 2.41 bits per heavy atom. The van der Waals surface area contributed by atoms with E-state index < -0.39 is 0 Å². The van der Waals surface area contributed by atoms with Crippen LogP contribution in [0.15, 0.2) is 48.5 Å². The second-order valence-electron chi connectivity index (χ2n) is 8.28. The van der Waals surface area contributed by atoms with Gasteiger partial charge in [-0.25, -0.2) is 0 Å². The van der Waals surface area contributed by atoms with Crippen LogP contribution in [0.5, 0.6) is 11.5 Å². The van der Waals surface area contributed by atoms with Crippen molar-refractivity contribution in [1.29, 1.82) is 0 Å². The van der Waals surface area contributed by atoms with Gasteiger partial charge in [-0.05, 0) is 25.0 Å². The fourth-order valence-electron chi connectivity index (χ4n) is 4.55. The van der Waals surface area contributed by atoms with Crippen molar-refractivity contribution in [2.24, 2.45) is 5.92 Å². The van der Waals surface area contributed by atoms with Gasteiger partial charge in [-0.3, -0.25) is 9.59 Å². The number of nitrogens with zero attached hydrogens (tertiary/aromatic N) is 2. The van der Waals surface area contributed by atoms with Crippen molar-refractivity contribution < 1.29 is 19.1 Å². The number of para-hydroxylation sites is 2. The van der Waals surface area contributed by atoms with Crippen LogP contribution in [0.3, 0.4) is 0 Å². The van der Waals surface area contributed by atoms with Gasteiger partial charge in [0, 0.05) is 37.7 Å². The number of carbonyl (C=O) groups is 2. The molecule has 1 fully saturated rings. The third-order valence-corrected chi connectivity index (χ3v) is 6.21. The monoisotopic (exact) mass is 438 g/mol. The maximum absolute atomic E-state index is 13.7. The predicted octanol–water partition coefficient (Wildman–Crippen LogP) is 4.44. The zero-order chi connectivity index (χ0) is 23.1. The number of amides is 2. The molecule has 0 aliphatic carbocycles. The number of hydrogen-bond acceptors (Lipinski definition) is 4. The molecule has 3 rings (SSSR count). The van der Waals surface area contributed by atoms with E-state index in [9.17, 15) is 9.59 Å². The average molecular weight is 439 g/mol. The zero-order valence-corrected chi connectivity index (χ0v) is 19.5. The summed E-state index contributed by atoms with van der Waals surface area (Å²) in [7, 11) is 5.09. The topological polar surface area (TPSA) is 59.1 Å². The fourth-order valence-corrected chi connectivity index (χ4v) is 4.55. The lowest BCUT2D eigenvalue weighted by Crippen LogP contribution is -2.48. The first-order valence-corrected chi connectivity index (χ1v) is 11.3. The van der Waals surface area contributed by atoms with E-state index >= 15 is 0 Å². The third-order valence-electron chi connectivity index (χ3n) is 6.21. The van der Waals surface area contributed by atoms with Crippen molar-refractivity contribution in [3.63, 3.8) is 0 Å². The van der Waals surface area contributed by atoms with E-state index in [1.807, 2.05) is 60.5 Å². The summed E-state index contributed by atoms with van der Waals surface area (Å²) in [5, 5.41) is 0. The second-order valence-corrected chi connectivity index (χ2v) is 8.28. The largest absolute Gasteiger partial charge is 0.496 e. The quantitative estimate of drug-likeness (QED) is 0.581. The Bertz CT molecular complexity index is 930. The number of unbranched alkanes of at least 4 members (excludes halogenated alkanes) is 1. The van der Waals surface area contributed by atoms with Gasteiger partial charge < -0.3 is 19.3 Å². The van der Waals surface area contributed by atoms with Crippen LogP contribution in [0.1, 0.15) is 49.8 Å². The third kappa shape index (κ3) is 5.06. The first-order chi connectivity index (χ1) is 15.5. The van der Waals surface area contributed by atoms with Gasteiger partial charge in [-0.1, -0.05) is 49.7 Å². The van der Waals surface area contributed by atoms with Crippen LogP contribution in [-0.2, 0) is 16.1 Å². The van der Waals surface area contributed by atoms with Gasteiger partial charge >= 0.3 is 0 Å². The minimum Gasteiger partial charge on any atom is -0.496 e. The van der Waals surface area contributed by atoms with E-state index in [0.717, 1.165) is 29.7 Å². The molecule has 2 aromatic carbocycles. The Balaban J connectivity index is 1.94. The smallest absolute Gasteiger partial charge is 0.228 e. The summed E-state index contributed by atoms with van der Waals surface area (Å²) in [5.74, 6) is 1.27. The Morgan fingerprint density at radius 1 is 1.06 bits per heavy atom. The molecule has 1 aliphatic rings. The highest BCUT2D eigenvalue weighted by atomic mass is 16.5. The molecule has 1 heterocycles. The van der Waals surface area contributed by atoms with Crippen LogP contribution in [0, 0.1) is 5.92 Å². The lowest BCUT2D eigenvalue weighted by Gasteiger charge is -2.42. The molecule has 0 spiro atoms. The number of carbonyl (C=O) groups excluding carboxylic acids is 2. The average Bonchev–Trinajstić information content (AvgIpc) is 2.82. The van der Waals surface area contributed by atoms with Crippen molar-refractivity contribution >= 4 is 11.8 Å². The number of rotatable bonds is 9. The molecule has 0 N–H and O–H groups in total. The Kier molecular flexibility index (Phi) is 8.14. The molecule has 1 aliphatic heterocycles. The summed E-state index contributed by atoms with van der Waals surface area (Å²) in [6, 6.07) is 15.1. The standard InChI is InChI=1S/C26H34N2O4/c1-5-6-17-28-24(29)16-15-21(25(28)20-12-8-10-14-23(20)32-4)26(30)27(2)18-19-11-7-9-13-22(19)31-3/h7-14,21,25H,5-6,15-18H2,1-4H3. The number of piperidine rings is 1. The summed E-state index contributed by atoms with van der Waals surface area (Å²) >= 11 is 0. The summed E-state index contributed by atoms with van der Waals surface area (Å²) < 4.78 is 11.1. The molecule has 32 heavy (non-hydrogen) atoms. The maximum atomic E-state index is 13.7. The Morgan fingerprint density at radius 2 is 1.72 bits per heavy atom. The molecule has 2 amide bonds. The molecule has 6 nitrogen and oxygen atoms in total. The van der Waals surface area contributed by atoms with E-state index in [1.54, 1.807) is 19.1 Å². The second kappa shape index (κ2) is 11.0. The highest BCUT2D eigenvalue weighted by molar-refractivity contribution is 5.85. The van der Waals surface area contributed by atoms with Gasteiger partial charge in [0.2, 0.25) is 11.8 Å². The van der Waals surface area contributed by atoms with Gasteiger partial charge in [0.15, 0.2) is 0 Å². The number of methoxy groups -OCH3 is 2. The fraction of sp³-hybridized carbons (Fsp3) is 0.462. The van der Waals surface area contributed by atoms with E-state index in [-0.39, 0.29) is 23.8 Å². The van der Waals surface area contributed by atoms with Crippen molar-refractivity contribution in [3.8, 4) is 11.5 Å². The van der Waals surface area contributed by atoms with Gasteiger partial charge in [-0.15, -0.1) is 0 Å². The van der Waals surface area contributed by atoms with Gasteiger partial charge in [0.05, 0.1) is 26.2 Å². The normalized spacial score (nSPS) is 18.4. The van der Waals surface area contributed by atoms with E-state index in [4.69, 9.17) is 9.47 Å². The molecule has 2 unspecified atom stereocenters. The van der Waals surface area contributed by atoms with Gasteiger partial charge in [0.1, 0.15) is 11.5 Å². The van der Waals surface area contributed by atoms with E-state index in [0.29, 0.717) is 31.7 Å². The van der Waals surface area contributed by atoms with E-state index in [1.165, 1.54) is 0 Å². The summed E-state index contributed by atoms with van der Waals surface area (Å²) in [5.41, 5.74) is 1.85. The SMILES string of the molecule is CCCCN1C(=O)CCC(C(=O)N(C)Cc2ccccc2OC)C1c1ccccc1OC. The van der Waals surface area contributed by atoms with Crippen molar-refractivity contribution in [3.05, 3.63) is 59.7 Å². The van der Waals surface area contributed by atoms with Crippen LogP contribution in [0.4, 0.5) is 0 Å². The highest BCUT2D eigenvalue weighted by Gasteiger charge is 2.42. The molecule has 2 aromatic rings. The highest BCUT2D eigenvalue weighted by Crippen LogP contribution is 2.41. The molecule has 0 saturated carbocycles. The van der Waals surface area contributed by atoms with Crippen LogP contribution < -0.4 is 9.47 Å². The van der Waals surface area contributed by atoms with Crippen molar-refractivity contribution in [1.82, 2.24) is 9.80 Å².